The highest BCUT2D eigenvalue weighted by atomic mass is 32.2. The van der Waals surface area contributed by atoms with Crippen LogP contribution < -0.4 is 16.8 Å². The number of aromatic nitrogens is 1. The molecule has 3 heterocycles. The number of β-lactam (4-membered cyclic amide) rings is 1. The van der Waals surface area contributed by atoms with Gasteiger partial charge in [0.1, 0.15) is 24.4 Å². The Hall–Kier alpha value is -3.51. The van der Waals surface area contributed by atoms with Crippen LogP contribution in [0, 0.1) is 0 Å². The molecule has 2 aliphatic heterocycles. The van der Waals surface area contributed by atoms with Crippen LogP contribution in [0.5, 0.6) is 0 Å². The molecular formula is C17H23N7O9S2. The lowest BCUT2D eigenvalue weighted by Gasteiger charge is -2.43. The first-order chi connectivity index (χ1) is 16.5. The molecule has 0 unspecified atom stereocenters. The van der Waals surface area contributed by atoms with Crippen molar-refractivity contribution in [3.05, 3.63) is 11.1 Å². The number of amides is 4. The summed E-state index contributed by atoms with van der Waals surface area (Å²) in [6.45, 7) is -0.0114. The second kappa shape index (κ2) is 10.8. The molecule has 2 fully saturated rings. The summed E-state index contributed by atoms with van der Waals surface area (Å²) in [6, 6.07) is -3.00. The molecular weight excluding hydrogens is 510 g/mol. The fourth-order valence-electron chi connectivity index (χ4n) is 3.49. The fourth-order valence-corrected chi connectivity index (χ4v) is 4.90. The number of ether oxygens (including phenoxy) is 1. The van der Waals surface area contributed by atoms with Gasteiger partial charge >= 0.3 is 16.4 Å². The van der Waals surface area contributed by atoms with E-state index < -0.39 is 59.2 Å². The van der Waals surface area contributed by atoms with Gasteiger partial charge in [-0.15, -0.1) is 11.3 Å². The van der Waals surface area contributed by atoms with Gasteiger partial charge in [0.05, 0.1) is 0 Å². The zero-order valence-corrected chi connectivity index (χ0v) is 19.8. The number of carbonyl (C=O) groups is 4. The average Bonchev–Trinajstić information content (AvgIpc) is 3.22. The molecule has 16 nitrogen and oxygen atoms in total. The fraction of sp³-hybridized carbons (Fsp3) is 0.529. The smallest absolute Gasteiger partial charge is 0.404 e. The number of nitrogens with one attached hydrogen (secondary N) is 1. The summed E-state index contributed by atoms with van der Waals surface area (Å²) in [6.07, 6.45) is 1.50. The first kappa shape index (κ1) is 26.1. The predicted octanol–water partition coefficient (Wildman–Crippen LogP) is -1.95. The van der Waals surface area contributed by atoms with Gasteiger partial charge < -0.3 is 31.3 Å². The van der Waals surface area contributed by atoms with E-state index in [0.29, 0.717) is 13.1 Å². The number of hydrogen-bond donors (Lipinski definition) is 4. The SMILES string of the molecule is NC(=O)OC[C@@H]1[C@H](NC(=O)C(=NOCC(=O)N2CCCCC2)c2csc(N)n2)C(=O)N1S(=O)(=O)O. The molecule has 18 heteroatoms. The van der Waals surface area contributed by atoms with Crippen LogP contribution in [-0.4, -0.2) is 95.1 Å². The van der Waals surface area contributed by atoms with Crippen molar-refractivity contribution in [1.82, 2.24) is 19.5 Å². The summed E-state index contributed by atoms with van der Waals surface area (Å²) in [5.41, 5.74) is 10.0. The van der Waals surface area contributed by atoms with E-state index in [1.807, 2.05) is 0 Å². The van der Waals surface area contributed by atoms with E-state index in [4.69, 9.17) is 16.3 Å². The first-order valence-corrected chi connectivity index (χ1v) is 12.5. The molecule has 0 aromatic carbocycles. The number of anilines is 1. The van der Waals surface area contributed by atoms with Gasteiger partial charge in [0.15, 0.2) is 17.5 Å². The second-order valence-corrected chi connectivity index (χ2v) is 9.66. The lowest BCUT2D eigenvalue weighted by molar-refractivity contribution is -0.146. The summed E-state index contributed by atoms with van der Waals surface area (Å²) in [5, 5.41) is 7.40. The van der Waals surface area contributed by atoms with E-state index in [2.05, 4.69) is 20.2 Å². The third kappa shape index (κ3) is 6.34. The predicted molar refractivity (Wildman–Crippen MR) is 119 cm³/mol. The van der Waals surface area contributed by atoms with Crippen LogP contribution in [0.2, 0.25) is 0 Å². The monoisotopic (exact) mass is 533 g/mol. The Morgan fingerprint density at radius 1 is 1.29 bits per heavy atom. The highest BCUT2D eigenvalue weighted by molar-refractivity contribution is 7.84. The molecule has 2 aliphatic rings. The van der Waals surface area contributed by atoms with Gasteiger partial charge in [-0.25, -0.2) is 14.1 Å². The molecule has 3 rings (SSSR count). The van der Waals surface area contributed by atoms with Gasteiger partial charge in [-0.05, 0) is 19.3 Å². The van der Waals surface area contributed by atoms with Crippen molar-refractivity contribution in [2.24, 2.45) is 10.9 Å². The van der Waals surface area contributed by atoms with Crippen molar-refractivity contribution in [2.45, 2.75) is 31.3 Å². The zero-order chi connectivity index (χ0) is 25.8. The Labute approximate surface area is 203 Å². The third-order valence-electron chi connectivity index (χ3n) is 5.13. The summed E-state index contributed by atoms with van der Waals surface area (Å²) in [5.74, 6) is -2.55. The maximum Gasteiger partial charge on any atom is 0.404 e. The minimum atomic E-state index is -5.01. The summed E-state index contributed by atoms with van der Waals surface area (Å²) >= 11 is 0.984. The van der Waals surface area contributed by atoms with Gasteiger partial charge in [0.2, 0.25) is 0 Å². The van der Waals surface area contributed by atoms with Crippen molar-refractivity contribution >= 4 is 56.3 Å². The maximum atomic E-state index is 12.9. The standard InChI is InChI=1S/C17H23N7O9S2/c18-16-20-9(8-34-16)12(22-33-7-11(25)23-4-2-1-3-5-23)14(26)21-13-10(6-32-17(19)28)24(15(13)27)35(29,30)31/h8,10,13H,1-7H2,(H2,18,20)(H2,19,28)(H,21,26)(H,29,30,31)/t10-,13+/m1/s1. The lowest BCUT2D eigenvalue weighted by Crippen LogP contribution is -2.73. The molecule has 1 aromatic rings. The van der Waals surface area contributed by atoms with Crippen LogP contribution in [0.25, 0.3) is 0 Å². The van der Waals surface area contributed by atoms with Crippen LogP contribution in [0.15, 0.2) is 10.5 Å². The molecule has 0 bridgehead atoms. The van der Waals surface area contributed by atoms with Gasteiger partial charge in [-0.1, -0.05) is 5.16 Å². The van der Waals surface area contributed by atoms with Crippen molar-refractivity contribution in [3.8, 4) is 0 Å². The molecule has 6 N–H and O–H groups in total. The van der Waals surface area contributed by atoms with E-state index in [-0.39, 0.29) is 21.0 Å². The number of carbonyl (C=O) groups excluding carboxylic acids is 4. The van der Waals surface area contributed by atoms with E-state index in [1.54, 1.807) is 4.90 Å². The number of thiazole rings is 1. The molecule has 2 atom stereocenters. The van der Waals surface area contributed by atoms with E-state index >= 15 is 0 Å². The van der Waals surface area contributed by atoms with Gasteiger partial charge in [-0.2, -0.15) is 8.42 Å². The number of primary amides is 1. The first-order valence-electron chi connectivity index (χ1n) is 10.2. The minimum Gasteiger partial charge on any atom is -0.447 e. The summed E-state index contributed by atoms with van der Waals surface area (Å²) in [4.78, 5) is 59.0. The van der Waals surface area contributed by atoms with Crippen LogP contribution in [0.4, 0.5) is 9.93 Å². The Morgan fingerprint density at radius 2 is 1.97 bits per heavy atom. The number of hydrogen-bond acceptors (Lipinski definition) is 12. The summed E-state index contributed by atoms with van der Waals surface area (Å²) in [7, 11) is -5.01. The number of likely N-dealkylation sites (tertiary alicyclic amines) is 1. The topological polar surface area (TPSA) is 237 Å². The minimum absolute atomic E-state index is 0.0289. The Morgan fingerprint density at radius 3 is 2.54 bits per heavy atom. The molecule has 192 valence electrons. The third-order valence-corrected chi connectivity index (χ3v) is 6.75. The molecule has 4 amide bonds. The molecule has 1 aromatic heterocycles. The number of piperidine rings is 1. The number of nitrogens with two attached hydrogens (primary N) is 2. The highest BCUT2D eigenvalue weighted by Gasteiger charge is 2.54. The number of nitrogens with zero attached hydrogens (tertiary/aromatic N) is 4. The largest absolute Gasteiger partial charge is 0.447 e. The Bertz CT molecular complexity index is 1130. The van der Waals surface area contributed by atoms with Crippen LogP contribution in [0.3, 0.4) is 0 Å². The van der Waals surface area contributed by atoms with Crippen molar-refractivity contribution < 1.29 is 41.7 Å². The van der Waals surface area contributed by atoms with Crippen LogP contribution in [-0.2, 0) is 34.3 Å². The maximum absolute atomic E-state index is 12.9. The highest BCUT2D eigenvalue weighted by Crippen LogP contribution is 2.24. The average molecular weight is 534 g/mol. The number of nitrogen functional groups attached to an aromatic ring is 1. The number of oxime groups is 1. The van der Waals surface area contributed by atoms with Crippen LogP contribution in [0.1, 0.15) is 25.0 Å². The van der Waals surface area contributed by atoms with Gasteiger partial charge in [0.25, 0.3) is 17.7 Å². The van der Waals surface area contributed by atoms with E-state index in [1.165, 1.54) is 5.38 Å². The Balaban J connectivity index is 1.74. The second-order valence-electron chi connectivity index (χ2n) is 7.49. The molecule has 0 saturated carbocycles. The van der Waals surface area contributed by atoms with Gasteiger partial charge in [-0.3, -0.25) is 18.9 Å². The van der Waals surface area contributed by atoms with Crippen LogP contribution >= 0.6 is 11.3 Å². The number of rotatable bonds is 9. The molecule has 0 aliphatic carbocycles. The molecule has 2 saturated heterocycles. The van der Waals surface area contributed by atoms with Gasteiger partial charge in [0, 0.05) is 18.5 Å². The molecule has 35 heavy (non-hydrogen) atoms. The van der Waals surface area contributed by atoms with Crippen molar-refractivity contribution in [3.63, 3.8) is 0 Å². The summed E-state index contributed by atoms with van der Waals surface area (Å²) < 4.78 is 36.8. The van der Waals surface area contributed by atoms with Crippen molar-refractivity contribution in [1.29, 1.82) is 0 Å². The molecule has 0 radical (unpaired) electrons. The Kier molecular flexibility index (Phi) is 8.07. The van der Waals surface area contributed by atoms with E-state index in [9.17, 15) is 32.1 Å². The van der Waals surface area contributed by atoms with E-state index in [0.717, 1.165) is 30.6 Å². The molecule has 0 spiro atoms. The normalized spacial score (nSPS) is 20.7. The lowest BCUT2D eigenvalue weighted by atomic mass is 9.99. The zero-order valence-electron chi connectivity index (χ0n) is 18.2. The van der Waals surface area contributed by atoms with Crippen molar-refractivity contribution in [2.75, 3.05) is 32.0 Å². The quantitative estimate of drug-likeness (QED) is 0.118.